The minimum absolute atomic E-state index is 0.0702. The molecule has 0 bridgehead atoms. The highest BCUT2D eigenvalue weighted by molar-refractivity contribution is 7.89. The molecule has 0 atom stereocenters. The van der Waals surface area contributed by atoms with E-state index in [-0.39, 0.29) is 5.41 Å². The van der Waals surface area contributed by atoms with Crippen LogP contribution >= 0.6 is 0 Å². The van der Waals surface area contributed by atoms with Crippen molar-refractivity contribution in [2.24, 2.45) is 0 Å². The lowest BCUT2D eigenvalue weighted by molar-refractivity contribution is 0.309. The van der Waals surface area contributed by atoms with Gasteiger partial charge in [-0.2, -0.15) is 0 Å². The minimum atomic E-state index is -3.46. The molecule has 0 spiro atoms. The van der Waals surface area contributed by atoms with Crippen molar-refractivity contribution in [3.63, 3.8) is 0 Å². The zero-order valence-corrected chi connectivity index (χ0v) is 15.5. The fourth-order valence-electron chi connectivity index (χ4n) is 2.31. The smallest absolute Gasteiger partial charge is 0.240 e. The first-order valence-electron chi connectivity index (χ1n) is 7.95. The highest BCUT2D eigenvalue weighted by atomic mass is 32.2. The number of hydrogen-bond donors (Lipinski definition) is 1. The second-order valence-electron chi connectivity index (χ2n) is 6.65. The summed E-state index contributed by atoms with van der Waals surface area (Å²) in [5.41, 5.74) is 1.74. The van der Waals surface area contributed by atoms with Gasteiger partial charge in [0.05, 0.1) is 4.90 Å². The molecule has 0 aromatic heterocycles. The summed E-state index contributed by atoms with van der Waals surface area (Å²) in [7, 11) is -3.46. The summed E-state index contributed by atoms with van der Waals surface area (Å²) < 4.78 is 27.8. The maximum absolute atomic E-state index is 12.6. The molecule has 0 saturated heterocycles. The number of hydrogen-bond acceptors (Lipinski definition) is 3. The third-order valence-electron chi connectivity index (χ3n) is 3.96. The van der Waals surface area contributed by atoms with Crippen molar-refractivity contribution in [2.45, 2.75) is 51.9 Å². The first-order valence-corrected chi connectivity index (χ1v) is 9.43. The average Bonchev–Trinajstić information content (AvgIpc) is 2.42. The van der Waals surface area contributed by atoms with Crippen LogP contribution in [0.5, 0.6) is 0 Å². The topological polar surface area (TPSA) is 49.4 Å². The number of benzene rings is 1. The quantitative estimate of drug-likeness (QED) is 0.838. The molecule has 0 heterocycles. The van der Waals surface area contributed by atoms with E-state index in [9.17, 15) is 8.42 Å². The monoisotopic (exact) mass is 326 g/mol. The zero-order chi connectivity index (χ0) is 17.0. The Hall–Kier alpha value is -0.910. The molecule has 5 heteroatoms. The van der Waals surface area contributed by atoms with Gasteiger partial charge in [0.2, 0.25) is 10.0 Å². The van der Waals surface area contributed by atoms with Crippen molar-refractivity contribution in [3.8, 4) is 0 Å². The van der Waals surface area contributed by atoms with Gasteiger partial charge in [-0.3, -0.25) is 0 Å². The molecule has 22 heavy (non-hydrogen) atoms. The standard InChI is InChI=1S/C17H30N2O2S/c1-7-19(8-2)12-11-18-22(20,21)16-13-15(17(4,5)6)10-9-14(16)3/h9-10,13,18H,7-8,11-12H2,1-6H3. The lowest BCUT2D eigenvalue weighted by Crippen LogP contribution is -2.35. The molecule has 1 rings (SSSR count). The lowest BCUT2D eigenvalue weighted by Gasteiger charge is -2.21. The summed E-state index contributed by atoms with van der Waals surface area (Å²) in [6, 6.07) is 5.69. The predicted octanol–water partition coefficient (Wildman–Crippen LogP) is 2.91. The third kappa shape index (κ3) is 5.07. The number of aryl methyl sites for hydroxylation is 1. The lowest BCUT2D eigenvalue weighted by atomic mass is 9.87. The van der Waals surface area contributed by atoms with Gasteiger partial charge in [0.15, 0.2) is 0 Å². The maximum atomic E-state index is 12.6. The molecular weight excluding hydrogens is 296 g/mol. The van der Waals surface area contributed by atoms with Gasteiger partial charge in [-0.25, -0.2) is 13.1 Å². The highest BCUT2D eigenvalue weighted by Crippen LogP contribution is 2.26. The van der Waals surface area contributed by atoms with E-state index in [1.54, 1.807) is 6.07 Å². The van der Waals surface area contributed by atoms with Crippen LogP contribution in [0.2, 0.25) is 0 Å². The Kier molecular flexibility index (Phi) is 6.59. The largest absolute Gasteiger partial charge is 0.303 e. The molecule has 4 nitrogen and oxygen atoms in total. The molecule has 0 saturated carbocycles. The van der Waals surface area contributed by atoms with Gasteiger partial charge in [-0.1, -0.05) is 46.8 Å². The molecule has 0 aliphatic heterocycles. The van der Waals surface area contributed by atoms with Crippen molar-refractivity contribution in [3.05, 3.63) is 29.3 Å². The van der Waals surface area contributed by atoms with Crippen LogP contribution < -0.4 is 4.72 Å². The van der Waals surface area contributed by atoms with Gasteiger partial charge in [0.25, 0.3) is 0 Å². The van der Waals surface area contributed by atoms with Crippen LogP contribution in [0, 0.1) is 6.92 Å². The second kappa shape index (κ2) is 7.57. The Labute approximate surface area is 136 Å². The SMILES string of the molecule is CCN(CC)CCNS(=O)(=O)c1cc(C(C)(C)C)ccc1C. The number of nitrogens with zero attached hydrogens (tertiary/aromatic N) is 1. The average molecular weight is 327 g/mol. The first kappa shape index (κ1) is 19.1. The van der Waals surface area contributed by atoms with E-state index < -0.39 is 10.0 Å². The summed E-state index contributed by atoms with van der Waals surface area (Å²) in [6.45, 7) is 15.3. The van der Waals surface area contributed by atoms with Crippen LogP contribution in [0.3, 0.4) is 0 Å². The fraction of sp³-hybridized carbons (Fsp3) is 0.647. The second-order valence-corrected chi connectivity index (χ2v) is 8.39. The molecule has 0 unspecified atom stereocenters. The van der Waals surface area contributed by atoms with Crippen molar-refractivity contribution in [2.75, 3.05) is 26.2 Å². The van der Waals surface area contributed by atoms with E-state index in [2.05, 4.69) is 44.2 Å². The third-order valence-corrected chi connectivity index (χ3v) is 5.56. The Bertz CT molecular complexity index is 585. The van der Waals surface area contributed by atoms with Gasteiger partial charge >= 0.3 is 0 Å². The van der Waals surface area contributed by atoms with E-state index in [0.717, 1.165) is 30.8 Å². The van der Waals surface area contributed by atoms with Crippen molar-refractivity contribution in [1.29, 1.82) is 0 Å². The van der Waals surface area contributed by atoms with Crippen molar-refractivity contribution >= 4 is 10.0 Å². The normalized spacial score (nSPS) is 12.9. The van der Waals surface area contributed by atoms with Gasteiger partial charge < -0.3 is 4.90 Å². The summed E-state index contributed by atoms with van der Waals surface area (Å²) in [5, 5.41) is 0. The Morgan fingerprint density at radius 2 is 1.73 bits per heavy atom. The van der Waals surface area contributed by atoms with Crippen LogP contribution in [0.1, 0.15) is 45.7 Å². The van der Waals surface area contributed by atoms with E-state index in [1.807, 2.05) is 19.1 Å². The van der Waals surface area contributed by atoms with Gasteiger partial charge in [0, 0.05) is 13.1 Å². The van der Waals surface area contributed by atoms with E-state index in [0.29, 0.717) is 11.4 Å². The molecule has 0 aliphatic rings. The summed E-state index contributed by atoms with van der Waals surface area (Å²) in [4.78, 5) is 2.58. The highest BCUT2D eigenvalue weighted by Gasteiger charge is 2.21. The van der Waals surface area contributed by atoms with E-state index >= 15 is 0 Å². The van der Waals surface area contributed by atoms with Crippen LogP contribution in [0.15, 0.2) is 23.1 Å². The van der Waals surface area contributed by atoms with Crippen LogP contribution in [-0.4, -0.2) is 39.5 Å². The number of likely N-dealkylation sites (N-methyl/N-ethyl adjacent to an activating group) is 1. The summed E-state index contributed by atoms with van der Waals surface area (Å²) in [5.74, 6) is 0. The Balaban J connectivity index is 2.93. The number of nitrogens with one attached hydrogen (secondary N) is 1. The van der Waals surface area contributed by atoms with Crippen LogP contribution in [0.4, 0.5) is 0 Å². The molecule has 1 aromatic carbocycles. The number of rotatable bonds is 7. The van der Waals surface area contributed by atoms with E-state index in [4.69, 9.17) is 0 Å². The van der Waals surface area contributed by atoms with Crippen molar-refractivity contribution < 1.29 is 8.42 Å². The minimum Gasteiger partial charge on any atom is -0.303 e. The molecule has 1 N–H and O–H groups in total. The molecule has 0 amide bonds. The summed E-state index contributed by atoms with van der Waals surface area (Å²) in [6.07, 6.45) is 0. The first-order chi connectivity index (χ1) is 10.1. The van der Waals surface area contributed by atoms with Gasteiger partial charge in [0.1, 0.15) is 0 Å². The van der Waals surface area contributed by atoms with Crippen LogP contribution in [0.25, 0.3) is 0 Å². The predicted molar refractivity (Wildman–Crippen MR) is 92.9 cm³/mol. The zero-order valence-electron chi connectivity index (χ0n) is 14.7. The Morgan fingerprint density at radius 1 is 1.14 bits per heavy atom. The fourth-order valence-corrected chi connectivity index (χ4v) is 3.60. The summed E-state index contributed by atoms with van der Waals surface area (Å²) >= 11 is 0. The maximum Gasteiger partial charge on any atom is 0.240 e. The molecule has 0 aliphatic carbocycles. The van der Waals surface area contributed by atoms with Crippen LogP contribution in [-0.2, 0) is 15.4 Å². The molecular formula is C17H30N2O2S. The van der Waals surface area contributed by atoms with Crippen molar-refractivity contribution in [1.82, 2.24) is 9.62 Å². The molecule has 0 radical (unpaired) electrons. The molecule has 126 valence electrons. The molecule has 0 fully saturated rings. The molecule has 1 aromatic rings. The van der Waals surface area contributed by atoms with E-state index in [1.165, 1.54) is 0 Å². The Morgan fingerprint density at radius 3 is 2.23 bits per heavy atom. The van der Waals surface area contributed by atoms with Gasteiger partial charge in [-0.05, 0) is 42.6 Å². The van der Waals surface area contributed by atoms with Gasteiger partial charge in [-0.15, -0.1) is 0 Å². The number of sulfonamides is 1.